The summed E-state index contributed by atoms with van der Waals surface area (Å²) in [7, 11) is 0. The van der Waals surface area contributed by atoms with Gasteiger partial charge in [0.2, 0.25) is 0 Å². The molecule has 2 aromatic rings. The van der Waals surface area contributed by atoms with E-state index >= 15 is 0 Å². The number of H-pyrrole nitrogens is 1. The van der Waals surface area contributed by atoms with Gasteiger partial charge >= 0.3 is 0 Å². The van der Waals surface area contributed by atoms with Gasteiger partial charge in [0.15, 0.2) is 0 Å². The zero-order valence-electron chi connectivity index (χ0n) is 8.95. The molecule has 4 nitrogen and oxygen atoms in total. The smallest absolute Gasteiger partial charge is 0.253 e. The molecule has 1 aromatic heterocycles. The number of aryl methyl sites for hydroxylation is 1. The van der Waals surface area contributed by atoms with Crippen molar-refractivity contribution in [1.82, 2.24) is 4.98 Å². The van der Waals surface area contributed by atoms with E-state index in [2.05, 4.69) is 4.98 Å². The average molecular weight is 215 g/mol. The fraction of sp³-hybridized carbons (Fsp3) is 0.0833. The van der Waals surface area contributed by atoms with E-state index in [1.54, 1.807) is 0 Å². The summed E-state index contributed by atoms with van der Waals surface area (Å²) in [6, 6.07) is 9.56. The Bertz CT molecular complexity index is 529. The van der Waals surface area contributed by atoms with Gasteiger partial charge in [-0.25, -0.2) is 0 Å². The molecule has 0 unspecified atom stereocenters. The minimum atomic E-state index is -0.513. The van der Waals surface area contributed by atoms with Crippen LogP contribution in [0.15, 0.2) is 30.3 Å². The summed E-state index contributed by atoms with van der Waals surface area (Å²) in [5, 5.41) is 0. The number of nitrogens with two attached hydrogens (primary N) is 2. The fourth-order valence-electron chi connectivity index (χ4n) is 1.87. The highest BCUT2D eigenvalue weighted by molar-refractivity contribution is 6.05. The summed E-state index contributed by atoms with van der Waals surface area (Å²) < 4.78 is 0. The lowest BCUT2D eigenvalue weighted by molar-refractivity contribution is 0.100. The van der Waals surface area contributed by atoms with Crippen LogP contribution in [0.5, 0.6) is 0 Å². The first kappa shape index (κ1) is 10.3. The van der Waals surface area contributed by atoms with E-state index in [9.17, 15) is 4.79 Å². The molecule has 0 saturated heterocycles. The Balaban J connectivity index is 2.69. The van der Waals surface area contributed by atoms with Crippen molar-refractivity contribution in [1.29, 1.82) is 0 Å². The summed E-state index contributed by atoms with van der Waals surface area (Å²) >= 11 is 0. The summed E-state index contributed by atoms with van der Waals surface area (Å²) in [5.74, 6) is -0.190. The largest absolute Gasteiger partial charge is 0.385 e. The first-order chi connectivity index (χ1) is 7.61. The summed E-state index contributed by atoms with van der Waals surface area (Å²) in [6.07, 6.45) is 0. The van der Waals surface area contributed by atoms with Crippen molar-refractivity contribution < 1.29 is 4.79 Å². The molecule has 0 bridgehead atoms. The Kier molecular flexibility index (Phi) is 2.40. The van der Waals surface area contributed by atoms with Gasteiger partial charge in [-0.2, -0.15) is 0 Å². The number of nitrogens with one attached hydrogen (secondary N) is 1. The Morgan fingerprint density at radius 2 is 1.88 bits per heavy atom. The van der Waals surface area contributed by atoms with E-state index in [4.69, 9.17) is 11.5 Å². The fourth-order valence-corrected chi connectivity index (χ4v) is 1.87. The van der Waals surface area contributed by atoms with Gasteiger partial charge in [0.1, 0.15) is 5.82 Å². The molecule has 0 spiro atoms. The third-order valence-corrected chi connectivity index (χ3v) is 2.53. The molecule has 0 fully saturated rings. The minimum absolute atomic E-state index is 0.323. The zero-order valence-corrected chi connectivity index (χ0v) is 8.95. The molecule has 0 radical (unpaired) electrons. The first-order valence-electron chi connectivity index (χ1n) is 4.94. The third kappa shape index (κ3) is 1.54. The number of rotatable bonds is 2. The molecule has 16 heavy (non-hydrogen) atoms. The quantitative estimate of drug-likeness (QED) is 0.711. The predicted molar refractivity (Wildman–Crippen MR) is 63.9 cm³/mol. The number of anilines is 1. The third-order valence-electron chi connectivity index (χ3n) is 2.53. The van der Waals surface area contributed by atoms with E-state index in [-0.39, 0.29) is 0 Å². The van der Waals surface area contributed by atoms with Gasteiger partial charge < -0.3 is 16.5 Å². The van der Waals surface area contributed by atoms with Crippen molar-refractivity contribution in [3.05, 3.63) is 41.6 Å². The van der Waals surface area contributed by atoms with Crippen molar-refractivity contribution in [2.45, 2.75) is 6.92 Å². The number of aromatic amines is 1. The molecule has 0 aliphatic rings. The lowest BCUT2D eigenvalue weighted by atomic mass is 10.0. The minimum Gasteiger partial charge on any atom is -0.385 e. The maximum absolute atomic E-state index is 11.4. The van der Waals surface area contributed by atoms with Gasteiger partial charge in [0.05, 0.1) is 5.56 Å². The average Bonchev–Trinajstić information content (AvgIpc) is 2.55. The lowest BCUT2D eigenvalue weighted by Gasteiger charge is -2.03. The van der Waals surface area contributed by atoms with Crippen molar-refractivity contribution >= 4 is 11.7 Å². The normalized spacial score (nSPS) is 10.3. The summed E-state index contributed by atoms with van der Waals surface area (Å²) in [6.45, 7) is 1.87. The van der Waals surface area contributed by atoms with Crippen molar-refractivity contribution in [3.63, 3.8) is 0 Å². The number of carbonyl (C=O) groups excluding carboxylic acids is 1. The molecule has 0 aliphatic carbocycles. The Morgan fingerprint density at radius 3 is 2.44 bits per heavy atom. The standard InChI is InChI=1S/C12H13N3O/c1-7-9(8-5-3-2-4-6-8)10(12(14)16)11(13)15-7/h2-6,15H,13H2,1H3,(H2,14,16). The van der Waals surface area contributed by atoms with E-state index in [1.165, 1.54) is 0 Å². The molecular weight excluding hydrogens is 202 g/mol. The molecule has 4 heteroatoms. The summed E-state index contributed by atoms with van der Waals surface area (Å²) in [4.78, 5) is 14.3. The van der Waals surface area contributed by atoms with Crippen LogP contribution in [0.25, 0.3) is 11.1 Å². The van der Waals surface area contributed by atoms with E-state index in [1.807, 2.05) is 37.3 Å². The van der Waals surface area contributed by atoms with Crippen LogP contribution in [0.3, 0.4) is 0 Å². The molecule has 1 amide bonds. The first-order valence-corrected chi connectivity index (χ1v) is 4.94. The molecule has 1 heterocycles. The molecule has 0 saturated carbocycles. The van der Waals surface area contributed by atoms with Gasteiger partial charge in [0, 0.05) is 11.3 Å². The van der Waals surface area contributed by atoms with Crippen LogP contribution in [0.2, 0.25) is 0 Å². The second kappa shape index (κ2) is 3.73. The van der Waals surface area contributed by atoms with Crippen LogP contribution >= 0.6 is 0 Å². The number of carbonyl (C=O) groups is 1. The van der Waals surface area contributed by atoms with E-state index in [0.717, 1.165) is 16.8 Å². The molecule has 82 valence electrons. The van der Waals surface area contributed by atoms with E-state index < -0.39 is 5.91 Å². The van der Waals surface area contributed by atoms with Gasteiger partial charge in [-0.05, 0) is 12.5 Å². The van der Waals surface area contributed by atoms with Crippen molar-refractivity contribution in [3.8, 4) is 11.1 Å². The highest BCUT2D eigenvalue weighted by Crippen LogP contribution is 2.30. The van der Waals surface area contributed by atoms with Crippen molar-refractivity contribution in [2.24, 2.45) is 5.73 Å². The van der Waals surface area contributed by atoms with Crippen LogP contribution in [-0.2, 0) is 0 Å². The molecule has 2 rings (SSSR count). The molecule has 5 N–H and O–H groups in total. The van der Waals surface area contributed by atoms with Gasteiger partial charge in [-0.3, -0.25) is 4.79 Å². The van der Waals surface area contributed by atoms with Crippen LogP contribution in [0.1, 0.15) is 16.1 Å². The SMILES string of the molecule is Cc1[nH]c(N)c(C(N)=O)c1-c1ccccc1. The number of benzene rings is 1. The Labute approximate surface area is 93.3 Å². The Hall–Kier alpha value is -2.23. The summed E-state index contributed by atoms with van der Waals surface area (Å²) in [5.41, 5.74) is 14.0. The van der Waals surface area contributed by atoms with E-state index in [0.29, 0.717) is 11.4 Å². The predicted octanol–water partition coefficient (Wildman–Crippen LogP) is 1.67. The van der Waals surface area contributed by atoms with Gasteiger partial charge in [-0.15, -0.1) is 0 Å². The molecular formula is C12H13N3O. The number of hydrogen-bond donors (Lipinski definition) is 3. The molecule has 0 atom stereocenters. The van der Waals surface area contributed by atoms with Crippen molar-refractivity contribution in [2.75, 3.05) is 5.73 Å². The molecule has 1 aromatic carbocycles. The van der Waals surface area contributed by atoms with Gasteiger partial charge in [0.25, 0.3) is 5.91 Å². The van der Waals surface area contributed by atoms with Crippen LogP contribution in [0.4, 0.5) is 5.82 Å². The number of aromatic nitrogens is 1. The van der Waals surface area contributed by atoms with Gasteiger partial charge in [-0.1, -0.05) is 30.3 Å². The second-order valence-electron chi connectivity index (χ2n) is 3.64. The second-order valence-corrected chi connectivity index (χ2v) is 3.64. The maximum Gasteiger partial charge on any atom is 0.253 e. The molecule has 0 aliphatic heterocycles. The van der Waals surface area contributed by atoms with Crippen LogP contribution in [0, 0.1) is 6.92 Å². The highest BCUT2D eigenvalue weighted by atomic mass is 16.1. The van der Waals surface area contributed by atoms with Crippen LogP contribution in [-0.4, -0.2) is 10.9 Å². The lowest BCUT2D eigenvalue weighted by Crippen LogP contribution is -2.13. The monoisotopic (exact) mass is 215 g/mol. The maximum atomic E-state index is 11.4. The number of hydrogen-bond acceptors (Lipinski definition) is 2. The number of nitrogen functional groups attached to an aromatic ring is 1. The highest BCUT2D eigenvalue weighted by Gasteiger charge is 2.18. The Morgan fingerprint density at radius 1 is 1.25 bits per heavy atom. The number of primary amides is 1. The van der Waals surface area contributed by atoms with Crippen LogP contribution < -0.4 is 11.5 Å². The topological polar surface area (TPSA) is 84.9 Å². The number of amides is 1. The zero-order chi connectivity index (χ0) is 11.7.